The van der Waals surface area contributed by atoms with Crippen LogP contribution in [-0.4, -0.2) is 44.8 Å². The quantitative estimate of drug-likeness (QED) is 0.677. The molecule has 0 amide bonds. The molecule has 1 fully saturated rings. The van der Waals surface area contributed by atoms with Gasteiger partial charge in [-0.1, -0.05) is 32.1 Å². The lowest BCUT2D eigenvalue weighted by molar-refractivity contribution is -0.210. The minimum absolute atomic E-state index is 0.0160. The van der Waals surface area contributed by atoms with Gasteiger partial charge >= 0.3 is 0 Å². The van der Waals surface area contributed by atoms with Gasteiger partial charge in [0.15, 0.2) is 0 Å². The molecule has 0 spiro atoms. The van der Waals surface area contributed by atoms with Gasteiger partial charge < -0.3 is 20.1 Å². The van der Waals surface area contributed by atoms with Crippen molar-refractivity contribution in [2.24, 2.45) is 5.92 Å². The predicted molar refractivity (Wildman–Crippen MR) is 95.7 cm³/mol. The van der Waals surface area contributed by atoms with Gasteiger partial charge in [-0.25, -0.2) is 0 Å². The molecule has 0 saturated carbocycles. The van der Waals surface area contributed by atoms with Gasteiger partial charge in [0.25, 0.3) is 0 Å². The first-order valence-electron chi connectivity index (χ1n) is 9.22. The number of rotatable bonds is 2. The summed E-state index contributed by atoms with van der Waals surface area (Å²) in [6.07, 6.45) is 9.76. The lowest BCUT2D eigenvalue weighted by Gasteiger charge is -2.49. The minimum atomic E-state index is -0.906. The van der Waals surface area contributed by atoms with E-state index in [1.54, 1.807) is 0 Å². The fourth-order valence-corrected chi connectivity index (χ4v) is 3.70. The first-order valence-corrected chi connectivity index (χ1v) is 9.22. The molecule has 4 heteroatoms. The summed E-state index contributed by atoms with van der Waals surface area (Å²) in [5.74, 6) is 0.249. The standard InChI is InChI=1S/C20H34O4/c1-15(2)20-12-10-18(3,22)9-5-6-16(14-21)7-8-17(24-20)19(4,23)11-13-20/h6,10,12,15,17,21-23H,5,7-9,11,13-14H2,1-4H3/t17-,18+,19-,20+/m0/s1. The van der Waals surface area contributed by atoms with Gasteiger partial charge in [0, 0.05) is 0 Å². The summed E-state index contributed by atoms with van der Waals surface area (Å²) < 4.78 is 6.45. The van der Waals surface area contributed by atoms with Crippen molar-refractivity contribution in [3.05, 3.63) is 23.8 Å². The summed E-state index contributed by atoms with van der Waals surface area (Å²) in [5, 5.41) is 31.0. The van der Waals surface area contributed by atoms with E-state index in [4.69, 9.17) is 4.74 Å². The van der Waals surface area contributed by atoms with Crippen molar-refractivity contribution in [3.8, 4) is 0 Å². The molecular weight excluding hydrogens is 304 g/mol. The highest BCUT2D eigenvalue weighted by Crippen LogP contribution is 2.43. The highest BCUT2D eigenvalue weighted by atomic mass is 16.5. The van der Waals surface area contributed by atoms with Crippen LogP contribution < -0.4 is 0 Å². The first-order chi connectivity index (χ1) is 11.1. The average molecular weight is 338 g/mol. The summed E-state index contributed by atoms with van der Waals surface area (Å²) in [7, 11) is 0. The number of fused-ring (bicyclic) bond motifs is 2. The summed E-state index contributed by atoms with van der Waals surface area (Å²) in [4.78, 5) is 0. The smallest absolute Gasteiger partial charge is 0.0892 e. The zero-order valence-electron chi connectivity index (χ0n) is 15.6. The van der Waals surface area contributed by atoms with E-state index in [1.165, 1.54) is 0 Å². The Kier molecular flexibility index (Phi) is 5.96. The van der Waals surface area contributed by atoms with Crippen LogP contribution in [0.2, 0.25) is 0 Å². The molecule has 1 saturated heterocycles. The number of hydrogen-bond donors (Lipinski definition) is 3. The molecule has 138 valence electrons. The molecule has 3 N–H and O–H groups in total. The Hall–Kier alpha value is -0.680. The van der Waals surface area contributed by atoms with E-state index in [2.05, 4.69) is 13.8 Å². The monoisotopic (exact) mass is 338 g/mol. The Balaban J connectivity index is 2.38. The molecular formula is C20H34O4. The highest BCUT2D eigenvalue weighted by Gasteiger charge is 2.47. The van der Waals surface area contributed by atoms with Crippen LogP contribution in [0.5, 0.6) is 0 Å². The maximum atomic E-state index is 10.8. The number of aliphatic hydroxyl groups excluding tert-OH is 1. The van der Waals surface area contributed by atoms with Crippen molar-refractivity contribution in [1.82, 2.24) is 0 Å². The molecule has 0 unspecified atom stereocenters. The second kappa shape index (κ2) is 7.28. The van der Waals surface area contributed by atoms with E-state index in [-0.39, 0.29) is 18.6 Å². The van der Waals surface area contributed by atoms with Crippen molar-refractivity contribution in [2.75, 3.05) is 6.61 Å². The largest absolute Gasteiger partial charge is 0.392 e. The van der Waals surface area contributed by atoms with Gasteiger partial charge in [-0.15, -0.1) is 0 Å². The van der Waals surface area contributed by atoms with Gasteiger partial charge in [-0.05, 0) is 63.9 Å². The normalized spacial score (nSPS) is 41.5. The van der Waals surface area contributed by atoms with Crippen LogP contribution in [0.4, 0.5) is 0 Å². The Morgan fingerprint density at radius 2 is 1.88 bits per heavy atom. The molecule has 0 aromatic rings. The summed E-state index contributed by atoms with van der Waals surface area (Å²) >= 11 is 0. The fraction of sp³-hybridized carbons (Fsp3) is 0.800. The Morgan fingerprint density at radius 1 is 1.17 bits per heavy atom. The van der Waals surface area contributed by atoms with Crippen LogP contribution in [0, 0.1) is 5.92 Å². The van der Waals surface area contributed by atoms with Crippen LogP contribution in [0.1, 0.15) is 66.2 Å². The fourth-order valence-electron chi connectivity index (χ4n) is 3.70. The van der Waals surface area contributed by atoms with Crippen molar-refractivity contribution in [2.45, 2.75) is 89.1 Å². The third-order valence-corrected chi connectivity index (χ3v) is 5.79. The minimum Gasteiger partial charge on any atom is -0.392 e. The topological polar surface area (TPSA) is 69.9 Å². The van der Waals surface area contributed by atoms with E-state index < -0.39 is 16.8 Å². The van der Waals surface area contributed by atoms with Crippen LogP contribution >= 0.6 is 0 Å². The molecule has 0 aliphatic carbocycles. The van der Waals surface area contributed by atoms with Gasteiger partial charge in [0.05, 0.1) is 29.5 Å². The van der Waals surface area contributed by atoms with Crippen LogP contribution in [0.25, 0.3) is 0 Å². The van der Waals surface area contributed by atoms with Gasteiger partial charge in [-0.3, -0.25) is 0 Å². The third-order valence-electron chi connectivity index (χ3n) is 5.79. The number of allylic oxidation sites excluding steroid dienone is 1. The molecule has 24 heavy (non-hydrogen) atoms. The van der Waals surface area contributed by atoms with Crippen LogP contribution in [0.15, 0.2) is 23.8 Å². The van der Waals surface area contributed by atoms with Crippen LogP contribution in [0.3, 0.4) is 0 Å². The molecule has 2 bridgehead atoms. The van der Waals surface area contributed by atoms with Crippen molar-refractivity contribution in [1.29, 1.82) is 0 Å². The molecule has 4 nitrogen and oxygen atoms in total. The second-order valence-electron chi connectivity index (χ2n) is 8.36. The van der Waals surface area contributed by atoms with Crippen molar-refractivity contribution >= 4 is 0 Å². The van der Waals surface area contributed by atoms with E-state index in [0.717, 1.165) is 18.4 Å². The zero-order valence-corrected chi connectivity index (χ0v) is 15.6. The molecule has 0 aromatic heterocycles. The van der Waals surface area contributed by atoms with Crippen molar-refractivity contribution in [3.63, 3.8) is 0 Å². The van der Waals surface area contributed by atoms with E-state index >= 15 is 0 Å². The van der Waals surface area contributed by atoms with Gasteiger partial charge in [0.2, 0.25) is 0 Å². The van der Waals surface area contributed by atoms with Gasteiger partial charge in [-0.2, -0.15) is 0 Å². The molecule has 4 atom stereocenters. The third kappa shape index (κ3) is 4.48. The first kappa shape index (κ1) is 19.6. The Morgan fingerprint density at radius 3 is 2.50 bits per heavy atom. The maximum absolute atomic E-state index is 10.8. The lowest BCUT2D eigenvalue weighted by atomic mass is 9.75. The molecule has 0 aromatic carbocycles. The zero-order chi connectivity index (χ0) is 18.0. The van der Waals surface area contributed by atoms with E-state index in [9.17, 15) is 15.3 Å². The molecule has 2 rings (SSSR count). The predicted octanol–water partition coefficient (Wildman–Crippen LogP) is 3.11. The van der Waals surface area contributed by atoms with Crippen LogP contribution in [-0.2, 0) is 4.74 Å². The lowest BCUT2D eigenvalue weighted by Crippen LogP contribution is -2.55. The molecule has 2 aliphatic heterocycles. The van der Waals surface area contributed by atoms with Gasteiger partial charge in [0.1, 0.15) is 0 Å². The number of ether oxygens (including phenoxy) is 1. The summed E-state index contributed by atoms with van der Waals surface area (Å²) in [6, 6.07) is 0. The Labute approximate surface area is 146 Å². The van der Waals surface area contributed by atoms with E-state index in [1.807, 2.05) is 32.1 Å². The summed E-state index contributed by atoms with van der Waals surface area (Å²) in [5.41, 5.74) is -1.27. The SMILES string of the molecule is CC(C)[C@]12C=C[C@](C)(O)CCC=C(CO)CC[C@H](O1)[C@@](C)(O)CC2. The maximum Gasteiger partial charge on any atom is 0.0892 e. The second-order valence-corrected chi connectivity index (χ2v) is 8.36. The molecule has 2 heterocycles. The number of aliphatic hydroxyl groups is 3. The number of hydrogen-bond acceptors (Lipinski definition) is 4. The van der Waals surface area contributed by atoms with E-state index in [0.29, 0.717) is 25.7 Å². The highest BCUT2D eigenvalue weighted by molar-refractivity contribution is 5.15. The Bertz CT molecular complexity index is 490. The molecule has 0 radical (unpaired) electrons. The van der Waals surface area contributed by atoms with Crippen molar-refractivity contribution < 1.29 is 20.1 Å². The summed E-state index contributed by atoms with van der Waals surface area (Å²) in [6.45, 7) is 7.92. The molecule has 2 aliphatic rings. The average Bonchev–Trinajstić information content (AvgIpc) is 2.49.